The molecule has 1 aliphatic heterocycles. The maximum absolute atomic E-state index is 5.47. The highest BCUT2D eigenvalue weighted by Crippen LogP contribution is 2.18. The molecule has 0 radical (unpaired) electrons. The van der Waals surface area contributed by atoms with Crippen molar-refractivity contribution >= 4 is 6.01 Å². The standard InChI is InChI=1S/C9H16N4O2/c1-13(7-3-5-14-6-7)9-12-11-8(15-9)2-4-10/h7H,2-6,10H2,1H3. The van der Waals surface area contributed by atoms with Crippen molar-refractivity contribution < 1.29 is 9.15 Å². The minimum absolute atomic E-state index is 0.344. The van der Waals surface area contributed by atoms with Gasteiger partial charge in [0.2, 0.25) is 5.89 Å². The van der Waals surface area contributed by atoms with E-state index in [1.165, 1.54) is 0 Å². The first-order valence-corrected chi connectivity index (χ1v) is 5.14. The van der Waals surface area contributed by atoms with Crippen molar-refractivity contribution in [3.63, 3.8) is 0 Å². The van der Waals surface area contributed by atoms with Gasteiger partial charge in [0.15, 0.2) is 0 Å². The largest absolute Gasteiger partial charge is 0.408 e. The molecule has 15 heavy (non-hydrogen) atoms. The van der Waals surface area contributed by atoms with E-state index in [-0.39, 0.29) is 0 Å². The summed E-state index contributed by atoms with van der Waals surface area (Å²) >= 11 is 0. The van der Waals surface area contributed by atoms with E-state index < -0.39 is 0 Å². The van der Waals surface area contributed by atoms with Gasteiger partial charge in [-0.3, -0.25) is 0 Å². The number of hydrogen-bond acceptors (Lipinski definition) is 6. The predicted octanol–water partition coefficient (Wildman–Crippen LogP) is -0.204. The molecule has 1 aromatic heterocycles. The lowest BCUT2D eigenvalue weighted by molar-refractivity contribution is 0.193. The van der Waals surface area contributed by atoms with Crippen LogP contribution in [0.4, 0.5) is 6.01 Å². The van der Waals surface area contributed by atoms with Gasteiger partial charge in [-0.1, -0.05) is 5.10 Å². The lowest BCUT2D eigenvalue weighted by atomic mass is 10.2. The molecule has 0 spiro atoms. The van der Waals surface area contributed by atoms with Crippen molar-refractivity contribution in [1.29, 1.82) is 0 Å². The highest BCUT2D eigenvalue weighted by molar-refractivity contribution is 5.25. The van der Waals surface area contributed by atoms with Crippen LogP contribution in [0.15, 0.2) is 4.42 Å². The van der Waals surface area contributed by atoms with Gasteiger partial charge in [0.25, 0.3) is 0 Å². The van der Waals surface area contributed by atoms with E-state index in [0.717, 1.165) is 19.6 Å². The van der Waals surface area contributed by atoms with Crippen LogP contribution in [0.1, 0.15) is 12.3 Å². The molecule has 1 fully saturated rings. The molecule has 2 rings (SSSR count). The zero-order valence-electron chi connectivity index (χ0n) is 8.85. The van der Waals surface area contributed by atoms with E-state index in [9.17, 15) is 0 Å². The summed E-state index contributed by atoms with van der Waals surface area (Å²) in [6, 6.07) is 0.894. The fourth-order valence-electron chi connectivity index (χ4n) is 1.60. The minimum Gasteiger partial charge on any atom is -0.408 e. The Kier molecular flexibility index (Phi) is 3.17. The Morgan fingerprint density at radius 3 is 3.07 bits per heavy atom. The minimum atomic E-state index is 0.344. The van der Waals surface area contributed by atoms with E-state index in [2.05, 4.69) is 10.2 Å². The van der Waals surface area contributed by atoms with Crippen LogP contribution in [0.3, 0.4) is 0 Å². The second-order valence-electron chi connectivity index (χ2n) is 3.65. The monoisotopic (exact) mass is 212 g/mol. The molecule has 0 saturated carbocycles. The fourth-order valence-corrected chi connectivity index (χ4v) is 1.60. The highest BCUT2D eigenvalue weighted by Gasteiger charge is 2.23. The predicted molar refractivity (Wildman–Crippen MR) is 54.7 cm³/mol. The van der Waals surface area contributed by atoms with Gasteiger partial charge in [0, 0.05) is 26.6 Å². The number of anilines is 1. The van der Waals surface area contributed by atoms with Crippen LogP contribution >= 0.6 is 0 Å². The van der Waals surface area contributed by atoms with Crippen LogP contribution in [0.2, 0.25) is 0 Å². The number of nitrogens with zero attached hydrogens (tertiary/aromatic N) is 3. The first kappa shape index (κ1) is 10.4. The second-order valence-corrected chi connectivity index (χ2v) is 3.65. The Bertz CT molecular complexity index is 309. The summed E-state index contributed by atoms with van der Waals surface area (Å²) in [4.78, 5) is 1.97. The number of aromatic nitrogens is 2. The van der Waals surface area contributed by atoms with Crippen molar-refractivity contribution in [2.45, 2.75) is 18.9 Å². The molecular formula is C9H16N4O2. The van der Waals surface area contributed by atoms with Crippen LogP contribution in [0.25, 0.3) is 0 Å². The van der Waals surface area contributed by atoms with E-state index in [1.807, 2.05) is 11.9 Å². The van der Waals surface area contributed by atoms with Gasteiger partial charge < -0.3 is 19.8 Å². The van der Waals surface area contributed by atoms with Gasteiger partial charge in [-0.15, -0.1) is 5.10 Å². The topological polar surface area (TPSA) is 77.4 Å². The maximum Gasteiger partial charge on any atom is 0.318 e. The normalized spacial score (nSPS) is 20.8. The number of hydrogen-bond donors (Lipinski definition) is 1. The van der Waals surface area contributed by atoms with Crippen molar-refractivity contribution in [1.82, 2.24) is 10.2 Å². The second kappa shape index (κ2) is 4.59. The third-order valence-electron chi connectivity index (χ3n) is 2.57. The number of likely N-dealkylation sites (N-methyl/N-ethyl adjacent to an activating group) is 1. The lowest BCUT2D eigenvalue weighted by Crippen LogP contribution is -2.31. The van der Waals surface area contributed by atoms with Crippen LogP contribution in [0.5, 0.6) is 0 Å². The molecule has 2 heterocycles. The smallest absolute Gasteiger partial charge is 0.318 e. The molecule has 1 aliphatic rings. The molecule has 6 heteroatoms. The van der Waals surface area contributed by atoms with Gasteiger partial charge >= 0.3 is 6.01 Å². The average molecular weight is 212 g/mol. The zero-order valence-corrected chi connectivity index (χ0v) is 8.85. The van der Waals surface area contributed by atoms with Gasteiger partial charge in [0.1, 0.15) is 0 Å². The summed E-state index contributed by atoms with van der Waals surface area (Å²) in [5, 5.41) is 7.90. The van der Waals surface area contributed by atoms with Gasteiger partial charge in [-0.05, 0) is 6.42 Å². The summed E-state index contributed by atoms with van der Waals surface area (Å²) < 4.78 is 10.8. The summed E-state index contributed by atoms with van der Waals surface area (Å²) in [6.45, 7) is 2.06. The molecule has 0 bridgehead atoms. The molecule has 1 saturated heterocycles. The highest BCUT2D eigenvalue weighted by atomic mass is 16.5. The third kappa shape index (κ3) is 2.27. The molecule has 84 valence electrons. The Labute approximate surface area is 88.4 Å². The van der Waals surface area contributed by atoms with Crippen molar-refractivity contribution in [3.8, 4) is 0 Å². The van der Waals surface area contributed by atoms with Crippen LogP contribution in [0, 0.1) is 0 Å². The van der Waals surface area contributed by atoms with Crippen LogP contribution in [-0.4, -0.2) is 43.0 Å². The summed E-state index contributed by atoms with van der Waals surface area (Å²) in [5.41, 5.74) is 5.41. The van der Waals surface area contributed by atoms with Crippen LogP contribution < -0.4 is 10.6 Å². The van der Waals surface area contributed by atoms with Crippen molar-refractivity contribution in [2.75, 3.05) is 31.7 Å². The first-order valence-electron chi connectivity index (χ1n) is 5.14. The Hall–Kier alpha value is -1.14. The maximum atomic E-state index is 5.47. The molecule has 1 aromatic rings. The van der Waals surface area contributed by atoms with Crippen molar-refractivity contribution in [2.24, 2.45) is 5.73 Å². The SMILES string of the molecule is CN(c1nnc(CCN)o1)C1CCOC1. The molecule has 1 unspecified atom stereocenters. The molecule has 1 atom stereocenters. The van der Waals surface area contributed by atoms with E-state index in [4.69, 9.17) is 14.9 Å². The van der Waals surface area contributed by atoms with Gasteiger partial charge in [-0.2, -0.15) is 0 Å². The number of ether oxygens (including phenoxy) is 1. The molecule has 0 aliphatic carbocycles. The van der Waals surface area contributed by atoms with E-state index in [1.54, 1.807) is 0 Å². The summed E-state index contributed by atoms with van der Waals surface area (Å²) in [6.07, 6.45) is 1.63. The van der Waals surface area contributed by atoms with E-state index in [0.29, 0.717) is 30.9 Å². The Morgan fingerprint density at radius 2 is 2.40 bits per heavy atom. The van der Waals surface area contributed by atoms with Gasteiger partial charge in [-0.25, -0.2) is 0 Å². The van der Waals surface area contributed by atoms with E-state index >= 15 is 0 Å². The average Bonchev–Trinajstić information content (AvgIpc) is 2.87. The molecule has 6 nitrogen and oxygen atoms in total. The molecule has 0 aromatic carbocycles. The number of nitrogens with two attached hydrogens (primary N) is 1. The Morgan fingerprint density at radius 1 is 1.53 bits per heavy atom. The third-order valence-corrected chi connectivity index (χ3v) is 2.57. The molecular weight excluding hydrogens is 196 g/mol. The molecule has 0 amide bonds. The fraction of sp³-hybridized carbons (Fsp3) is 0.778. The van der Waals surface area contributed by atoms with Crippen LogP contribution in [-0.2, 0) is 11.2 Å². The summed E-state index contributed by atoms with van der Waals surface area (Å²) in [5.74, 6) is 0.596. The zero-order chi connectivity index (χ0) is 10.7. The first-order chi connectivity index (χ1) is 7.31. The van der Waals surface area contributed by atoms with Crippen molar-refractivity contribution in [3.05, 3.63) is 5.89 Å². The Balaban J connectivity index is 2.00. The molecule has 2 N–H and O–H groups in total. The number of rotatable bonds is 4. The van der Waals surface area contributed by atoms with Gasteiger partial charge in [0.05, 0.1) is 12.6 Å². The lowest BCUT2D eigenvalue weighted by Gasteiger charge is -2.19. The summed E-state index contributed by atoms with van der Waals surface area (Å²) in [7, 11) is 1.94. The quantitative estimate of drug-likeness (QED) is 0.744.